The molecule has 0 bridgehead atoms. The lowest BCUT2D eigenvalue weighted by Gasteiger charge is -2.23. The number of halogens is 1. The fraction of sp³-hybridized carbons (Fsp3) is 0.278. The van der Waals surface area contributed by atoms with Crippen molar-refractivity contribution >= 4 is 29.1 Å². The van der Waals surface area contributed by atoms with Gasteiger partial charge >= 0.3 is 5.69 Å². The normalized spacial score (nSPS) is 16.8. The third-order valence-corrected chi connectivity index (χ3v) is 4.98. The van der Waals surface area contributed by atoms with Crippen LogP contribution in [0.25, 0.3) is 28.1 Å². The molecule has 4 aromatic rings. The highest BCUT2D eigenvalue weighted by Gasteiger charge is 2.21. The van der Waals surface area contributed by atoms with Crippen molar-refractivity contribution in [3.05, 3.63) is 46.8 Å². The van der Waals surface area contributed by atoms with Crippen molar-refractivity contribution < 1.29 is 0 Å². The van der Waals surface area contributed by atoms with Crippen LogP contribution < -0.4 is 11.0 Å². The SMILES string of the molecule is Cl.N#Cc1ccn2ncc(-c3ncc4[nH]c(=O)n([C@H]5CCCNC5)c4n3)c2c1. The number of aromatic amines is 1. The zero-order valence-corrected chi connectivity index (χ0v) is 15.6. The molecule has 1 saturated heterocycles. The summed E-state index contributed by atoms with van der Waals surface area (Å²) in [6.07, 6.45) is 6.99. The molecule has 5 rings (SSSR count). The van der Waals surface area contributed by atoms with E-state index in [0.29, 0.717) is 22.6 Å². The Balaban J connectivity index is 0.00000192. The van der Waals surface area contributed by atoms with Crippen LogP contribution >= 0.6 is 12.4 Å². The maximum atomic E-state index is 12.5. The first kappa shape index (κ1) is 18.2. The predicted octanol–water partition coefficient (Wildman–Crippen LogP) is 1.65. The van der Waals surface area contributed by atoms with Gasteiger partial charge in [-0.3, -0.25) is 4.57 Å². The van der Waals surface area contributed by atoms with E-state index >= 15 is 0 Å². The van der Waals surface area contributed by atoms with Gasteiger partial charge in [-0.15, -0.1) is 12.4 Å². The number of fused-ring (bicyclic) bond motifs is 2. The summed E-state index contributed by atoms with van der Waals surface area (Å²) in [6.45, 7) is 1.71. The summed E-state index contributed by atoms with van der Waals surface area (Å²) < 4.78 is 3.40. The van der Waals surface area contributed by atoms with Crippen molar-refractivity contribution in [3.8, 4) is 17.5 Å². The molecule has 0 unspecified atom stereocenters. The lowest BCUT2D eigenvalue weighted by molar-refractivity contribution is 0.370. The molecule has 142 valence electrons. The second-order valence-electron chi connectivity index (χ2n) is 6.65. The zero-order valence-electron chi connectivity index (χ0n) is 14.8. The van der Waals surface area contributed by atoms with Crippen molar-refractivity contribution in [1.29, 1.82) is 5.26 Å². The Hall–Kier alpha value is -3.22. The van der Waals surface area contributed by atoms with E-state index in [1.807, 2.05) is 0 Å². The summed E-state index contributed by atoms with van der Waals surface area (Å²) in [7, 11) is 0. The second kappa shape index (κ2) is 7.07. The van der Waals surface area contributed by atoms with E-state index < -0.39 is 0 Å². The molecule has 0 aliphatic carbocycles. The summed E-state index contributed by atoms with van der Waals surface area (Å²) in [4.78, 5) is 24.4. The van der Waals surface area contributed by atoms with E-state index in [1.54, 1.807) is 39.8 Å². The van der Waals surface area contributed by atoms with Gasteiger partial charge in [-0.05, 0) is 31.5 Å². The minimum atomic E-state index is -0.170. The summed E-state index contributed by atoms with van der Waals surface area (Å²) in [5.41, 5.74) is 3.04. The van der Waals surface area contributed by atoms with E-state index in [-0.39, 0.29) is 24.1 Å². The van der Waals surface area contributed by atoms with Crippen LogP contribution in [0.4, 0.5) is 0 Å². The van der Waals surface area contributed by atoms with Gasteiger partial charge < -0.3 is 10.3 Å². The average molecular weight is 397 g/mol. The topological polar surface area (TPSA) is 117 Å². The van der Waals surface area contributed by atoms with Crippen LogP contribution in [0.2, 0.25) is 0 Å². The lowest BCUT2D eigenvalue weighted by atomic mass is 10.1. The van der Waals surface area contributed by atoms with Crippen molar-refractivity contribution in [2.24, 2.45) is 0 Å². The van der Waals surface area contributed by atoms with E-state index in [0.717, 1.165) is 37.0 Å². The molecule has 0 amide bonds. The molecule has 5 heterocycles. The van der Waals surface area contributed by atoms with E-state index in [1.165, 1.54) is 0 Å². The Kier molecular flexibility index (Phi) is 4.58. The monoisotopic (exact) mass is 396 g/mol. The molecule has 28 heavy (non-hydrogen) atoms. The number of H-pyrrole nitrogens is 1. The van der Waals surface area contributed by atoms with Crippen LogP contribution in [0.1, 0.15) is 24.4 Å². The predicted molar refractivity (Wildman–Crippen MR) is 105 cm³/mol. The largest absolute Gasteiger partial charge is 0.328 e. The maximum absolute atomic E-state index is 12.5. The van der Waals surface area contributed by atoms with Gasteiger partial charge in [0.2, 0.25) is 0 Å². The Morgan fingerprint density at radius 2 is 2.21 bits per heavy atom. The molecule has 1 atom stereocenters. The Morgan fingerprint density at radius 1 is 1.32 bits per heavy atom. The van der Waals surface area contributed by atoms with Crippen molar-refractivity contribution in [3.63, 3.8) is 0 Å². The first-order valence-electron chi connectivity index (χ1n) is 8.80. The number of imidazole rings is 1. The van der Waals surface area contributed by atoms with Crippen molar-refractivity contribution in [2.75, 3.05) is 13.1 Å². The minimum Gasteiger partial charge on any atom is -0.315 e. The van der Waals surface area contributed by atoms with Crippen LogP contribution in [0, 0.1) is 11.3 Å². The number of aromatic nitrogens is 6. The molecule has 0 spiro atoms. The molecule has 2 N–H and O–H groups in total. The second-order valence-corrected chi connectivity index (χ2v) is 6.65. The summed E-state index contributed by atoms with van der Waals surface area (Å²) >= 11 is 0. The quantitative estimate of drug-likeness (QED) is 0.532. The van der Waals surface area contributed by atoms with Gasteiger partial charge in [-0.25, -0.2) is 19.3 Å². The first-order valence-corrected chi connectivity index (χ1v) is 8.80. The van der Waals surface area contributed by atoms with E-state index in [4.69, 9.17) is 5.26 Å². The van der Waals surface area contributed by atoms with E-state index in [2.05, 4.69) is 31.4 Å². The molecular formula is C18H17ClN8O. The zero-order chi connectivity index (χ0) is 18.4. The molecule has 10 heteroatoms. The third-order valence-electron chi connectivity index (χ3n) is 4.98. The number of nitrogens with zero attached hydrogens (tertiary/aromatic N) is 6. The van der Waals surface area contributed by atoms with Gasteiger partial charge in [0.05, 0.1) is 41.1 Å². The summed E-state index contributed by atoms with van der Waals surface area (Å²) in [5.74, 6) is 0.476. The van der Waals surface area contributed by atoms with Gasteiger partial charge in [0, 0.05) is 12.7 Å². The van der Waals surface area contributed by atoms with Gasteiger partial charge in [-0.1, -0.05) is 0 Å². The molecule has 0 radical (unpaired) electrons. The summed E-state index contributed by atoms with van der Waals surface area (Å²) in [5, 5.41) is 16.8. The highest BCUT2D eigenvalue weighted by molar-refractivity contribution is 5.85. The lowest BCUT2D eigenvalue weighted by Crippen LogP contribution is -2.35. The van der Waals surface area contributed by atoms with Gasteiger partial charge in [0.15, 0.2) is 11.5 Å². The van der Waals surface area contributed by atoms with Gasteiger partial charge in [0.25, 0.3) is 0 Å². The van der Waals surface area contributed by atoms with Gasteiger partial charge in [-0.2, -0.15) is 10.4 Å². The van der Waals surface area contributed by atoms with Crippen molar-refractivity contribution in [1.82, 2.24) is 34.4 Å². The number of hydrogen-bond acceptors (Lipinski definition) is 6. The molecule has 1 fully saturated rings. The first-order chi connectivity index (χ1) is 13.2. The fourth-order valence-corrected chi connectivity index (χ4v) is 3.66. The molecule has 9 nitrogen and oxygen atoms in total. The standard InChI is InChI=1S/C18H16N8O.ClH/c19-7-11-3-5-25-15(6-11)13(9-22-25)16-21-10-14-17(24-16)26(18(27)23-14)12-2-1-4-20-8-12;/h3,5-6,9-10,12,20H,1-2,4,8H2,(H,23,27);1H/t12-;/m0./s1. The molecular weight excluding hydrogens is 380 g/mol. The average Bonchev–Trinajstić information content (AvgIpc) is 3.27. The van der Waals surface area contributed by atoms with Crippen LogP contribution in [-0.4, -0.2) is 42.2 Å². The van der Waals surface area contributed by atoms with Crippen LogP contribution in [0.5, 0.6) is 0 Å². The highest BCUT2D eigenvalue weighted by Crippen LogP contribution is 2.25. The minimum absolute atomic E-state index is 0. The summed E-state index contributed by atoms with van der Waals surface area (Å²) in [6, 6.07) is 5.66. The number of nitriles is 1. The fourth-order valence-electron chi connectivity index (χ4n) is 3.66. The Bertz CT molecular complexity index is 1260. The third kappa shape index (κ3) is 2.83. The van der Waals surface area contributed by atoms with Crippen LogP contribution in [0.3, 0.4) is 0 Å². The molecule has 1 aliphatic rings. The number of pyridine rings is 1. The Morgan fingerprint density at radius 3 is 3.00 bits per heavy atom. The number of hydrogen-bond donors (Lipinski definition) is 2. The van der Waals surface area contributed by atoms with Crippen LogP contribution in [-0.2, 0) is 0 Å². The highest BCUT2D eigenvalue weighted by atomic mass is 35.5. The molecule has 4 aromatic heterocycles. The number of piperidine rings is 1. The van der Waals surface area contributed by atoms with Gasteiger partial charge in [0.1, 0.15) is 5.52 Å². The Labute approximate surface area is 165 Å². The molecule has 1 aliphatic heterocycles. The smallest absolute Gasteiger partial charge is 0.315 e. The molecule has 0 saturated carbocycles. The maximum Gasteiger partial charge on any atom is 0.328 e. The molecule has 0 aromatic carbocycles. The van der Waals surface area contributed by atoms with E-state index in [9.17, 15) is 4.79 Å². The van der Waals surface area contributed by atoms with Crippen LogP contribution in [0.15, 0.2) is 35.5 Å². The number of rotatable bonds is 2. The van der Waals surface area contributed by atoms with Crippen molar-refractivity contribution in [2.45, 2.75) is 18.9 Å². The number of nitrogens with one attached hydrogen (secondary N) is 2.